The summed E-state index contributed by atoms with van der Waals surface area (Å²) < 4.78 is 0. The van der Waals surface area contributed by atoms with E-state index < -0.39 is 0 Å². The number of fused-ring (bicyclic) bond motifs is 3. The van der Waals surface area contributed by atoms with Gasteiger partial charge in [-0.05, 0) is 6.42 Å². The van der Waals surface area contributed by atoms with Crippen LogP contribution in [0.4, 0.5) is 0 Å². The molecule has 0 fully saturated rings. The summed E-state index contributed by atoms with van der Waals surface area (Å²) in [6.45, 7) is 17.2. The first kappa shape index (κ1) is 27.4. The van der Waals surface area contributed by atoms with Crippen molar-refractivity contribution in [2.24, 2.45) is 0 Å². The van der Waals surface area contributed by atoms with E-state index in [4.69, 9.17) is 0 Å². The molecule has 140 valence electrons. The van der Waals surface area contributed by atoms with Crippen LogP contribution in [0.25, 0.3) is 11.1 Å². The Balaban J connectivity index is 0. The minimum absolute atomic E-state index is 0. The molecule has 0 aliphatic heterocycles. The van der Waals surface area contributed by atoms with Crippen LogP contribution in [0.3, 0.4) is 0 Å². The van der Waals surface area contributed by atoms with Crippen LogP contribution in [0.2, 0.25) is 0 Å². The molecule has 0 unspecified atom stereocenters. The minimum atomic E-state index is 0. The van der Waals surface area contributed by atoms with Gasteiger partial charge < -0.3 is 20.8 Å². The van der Waals surface area contributed by atoms with Crippen molar-refractivity contribution in [2.45, 2.75) is 65.7 Å². The summed E-state index contributed by atoms with van der Waals surface area (Å²) >= 11 is 0. The topological polar surface area (TPSA) is 0 Å². The Bertz CT molecular complexity index is 486. The molecule has 0 spiro atoms. The van der Waals surface area contributed by atoms with Gasteiger partial charge in [0.1, 0.15) is 0 Å². The molecule has 2 aromatic rings. The van der Waals surface area contributed by atoms with Crippen molar-refractivity contribution in [2.75, 3.05) is 0 Å². The van der Waals surface area contributed by atoms with Crippen molar-refractivity contribution in [3.8, 4) is 11.1 Å². The van der Waals surface area contributed by atoms with Crippen LogP contribution >= 0.6 is 0 Å². The Morgan fingerprint density at radius 1 is 0.769 bits per heavy atom. The Hall–Kier alpha value is -0.846. The van der Waals surface area contributed by atoms with Gasteiger partial charge in [0, 0.05) is 0 Å². The van der Waals surface area contributed by atoms with Crippen molar-refractivity contribution in [3.05, 3.63) is 80.4 Å². The van der Waals surface area contributed by atoms with Gasteiger partial charge in [0.05, 0.1) is 0 Å². The molecular weight excluding hydrogens is 348 g/mol. The third kappa shape index (κ3) is 11.0. The molecule has 0 bridgehead atoms. The molecule has 0 radical (unpaired) electrons. The van der Waals surface area contributed by atoms with Gasteiger partial charge in [0.2, 0.25) is 0 Å². The van der Waals surface area contributed by atoms with E-state index in [2.05, 4.69) is 84.0 Å². The zero-order chi connectivity index (χ0) is 18.9. The molecule has 0 amide bonds. The first-order valence-electron chi connectivity index (χ1n) is 9.65. The van der Waals surface area contributed by atoms with E-state index >= 15 is 0 Å². The summed E-state index contributed by atoms with van der Waals surface area (Å²) in [6, 6.07) is 18.1. The maximum Gasteiger partial charge on any atom is 4.00 e. The van der Waals surface area contributed by atoms with Crippen LogP contribution in [0, 0.1) is 26.8 Å². The Morgan fingerprint density at radius 2 is 1.23 bits per heavy atom. The van der Waals surface area contributed by atoms with Crippen molar-refractivity contribution in [1.29, 1.82) is 0 Å². The van der Waals surface area contributed by atoms with Gasteiger partial charge in [0.15, 0.2) is 0 Å². The molecule has 0 N–H and O–H groups in total. The van der Waals surface area contributed by atoms with Crippen LogP contribution in [-0.4, -0.2) is 0 Å². The van der Waals surface area contributed by atoms with Gasteiger partial charge in [-0.15, -0.1) is 5.56 Å². The SMILES string of the molecule is [CH2-]CCC.[CH2-]CCC.[CH2-]CCC.[Ti+4].[c-]1cccc2c1Cc1ccccc1-2. The van der Waals surface area contributed by atoms with Crippen molar-refractivity contribution in [3.63, 3.8) is 0 Å². The number of unbranched alkanes of at least 4 members (excludes halogenated alkanes) is 3. The fraction of sp³-hybridized carbons (Fsp3) is 0.400. The molecule has 26 heavy (non-hydrogen) atoms. The number of rotatable bonds is 3. The number of hydrogen-bond donors (Lipinski definition) is 0. The van der Waals surface area contributed by atoms with Crippen LogP contribution in [0.1, 0.15) is 70.4 Å². The molecule has 1 heteroatoms. The fourth-order valence-electron chi connectivity index (χ4n) is 2.00. The van der Waals surface area contributed by atoms with E-state index in [1.165, 1.54) is 41.5 Å². The Kier molecular flexibility index (Phi) is 19.9. The molecule has 0 saturated heterocycles. The standard InChI is InChI=1S/C13H9.3C4H9.Ti/c1-3-7-12-10(5-1)9-11-6-2-4-8-13(11)12;3*1-3-4-2;/h1-5,7-8H,9H2;3*1,3-4H2,2H3;/q4*-1;+4. The molecular formula is C25H36Ti. The minimum Gasteiger partial charge on any atom is -0.343 e. The summed E-state index contributed by atoms with van der Waals surface area (Å²) in [5.41, 5.74) is 5.51. The molecule has 2 aromatic carbocycles. The average Bonchev–Trinajstić information content (AvgIpc) is 3.07. The third-order valence-electron chi connectivity index (χ3n) is 3.68. The van der Waals surface area contributed by atoms with Crippen molar-refractivity contribution >= 4 is 0 Å². The first-order valence-corrected chi connectivity index (χ1v) is 9.65. The van der Waals surface area contributed by atoms with Gasteiger partial charge in [0.25, 0.3) is 0 Å². The fourth-order valence-corrected chi connectivity index (χ4v) is 2.00. The normalized spacial score (nSPS) is 9.62. The monoisotopic (exact) mass is 384 g/mol. The van der Waals surface area contributed by atoms with E-state index in [0.29, 0.717) is 0 Å². The Labute approximate surface area is 178 Å². The van der Waals surface area contributed by atoms with Crippen molar-refractivity contribution in [1.82, 2.24) is 0 Å². The Morgan fingerprint density at radius 3 is 1.73 bits per heavy atom. The first-order chi connectivity index (χ1) is 12.2. The van der Waals surface area contributed by atoms with E-state index in [9.17, 15) is 0 Å². The summed E-state index contributed by atoms with van der Waals surface area (Å²) in [7, 11) is 0. The number of benzene rings is 2. The molecule has 0 saturated carbocycles. The summed E-state index contributed by atoms with van der Waals surface area (Å²) in [6.07, 6.45) is 7.88. The second-order valence-electron chi connectivity index (χ2n) is 5.96. The molecule has 3 rings (SSSR count). The van der Waals surface area contributed by atoms with Gasteiger partial charge in [-0.3, -0.25) is 0 Å². The zero-order valence-corrected chi connectivity index (χ0v) is 18.7. The predicted octanol–water partition coefficient (Wildman–Crippen LogP) is 7.92. The smallest absolute Gasteiger partial charge is 0.343 e. The summed E-state index contributed by atoms with van der Waals surface area (Å²) in [5, 5.41) is 0. The summed E-state index contributed by atoms with van der Waals surface area (Å²) in [4.78, 5) is 0. The quantitative estimate of drug-likeness (QED) is 0.318. The average molecular weight is 384 g/mol. The second-order valence-corrected chi connectivity index (χ2v) is 5.96. The number of hydrogen-bond acceptors (Lipinski definition) is 0. The van der Waals surface area contributed by atoms with Crippen LogP contribution in [-0.2, 0) is 28.1 Å². The van der Waals surface area contributed by atoms with Crippen LogP contribution < -0.4 is 0 Å². The predicted molar refractivity (Wildman–Crippen MR) is 114 cm³/mol. The van der Waals surface area contributed by atoms with Gasteiger partial charge in [-0.2, -0.15) is 49.1 Å². The molecule has 1 aliphatic rings. The maximum absolute atomic E-state index is 3.60. The van der Waals surface area contributed by atoms with Gasteiger partial charge >= 0.3 is 21.7 Å². The molecule has 0 heterocycles. The van der Waals surface area contributed by atoms with Crippen molar-refractivity contribution < 1.29 is 21.7 Å². The molecule has 1 aliphatic carbocycles. The van der Waals surface area contributed by atoms with Gasteiger partial charge in [-0.1, -0.05) is 75.4 Å². The molecule has 0 atom stereocenters. The van der Waals surface area contributed by atoms with Crippen LogP contribution in [0.5, 0.6) is 0 Å². The summed E-state index contributed by atoms with van der Waals surface area (Å²) in [5.74, 6) is 0. The second kappa shape index (κ2) is 18.9. The van der Waals surface area contributed by atoms with E-state index in [1.54, 1.807) is 0 Å². The molecule has 0 nitrogen and oxygen atoms in total. The van der Waals surface area contributed by atoms with E-state index in [-0.39, 0.29) is 21.7 Å². The zero-order valence-electron chi connectivity index (χ0n) is 17.1. The largest absolute Gasteiger partial charge is 4.00 e. The third-order valence-corrected chi connectivity index (χ3v) is 3.68. The van der Waals surface area contributed by atoms with E-state index in [1.807, 2.05) is 6.07 Å². The maximum atomic E-state index is 3.60. The molecule has 0 aromatic heterocycles. The van der Waals surface area contributed by atoms with E-state index in [0.717, 1.165) is 25.7 Å². The van der Waals surface area contributed by atoms with Gasteiger partial charge in [-0.25, -0.2) is 0 Å². The van der Waals surface area contributed by atoms with Crippen LogP contribution in [0.15, 0.2) is 42.5 Å².